The van der Waals surface area contributed by atoms with E-state index in [0.29, 0.717) is 13.0 Å². The molecule has 36 heavy (non-hydrogen) atoms. The molecular weight excluding hydrogens is 448 g/mol. The van der Waals surface area contributed by atoms with E-state index < -0.39 is 0 Å². The lowest BCUT2D eigenvalue weighted by Gasteiger charge is -2.16. The van der Waals surface area contributed by atoms with Gasteiger partial charge in [-0.3, -0.25) is 9.69 Å². The Morgan fingerprint density at radius 2 is 1.78 bits per heavy atom. The van der Waals surface area contributed by atoms with Gasteiger partial charge in [0.2, 0.25) is 5.91 Å². The van der Waals surface area contributed by atoms with E-state index in [9.17, 15) is 4.79 Å². The van der Waals surface area contributed by atoms with E-state index in [-0.39, 0.29) is 11.9 Å². The highest BCUT2D eigenvalue weighted by atomic mass is 16.5. The fraction of sp³-hybridized carbons (Fsp3) is 0.387. The average molecular weight is 485 g/mol. The molecule has 1 atom stereocenters. The highest BCUT2D eigenvalue weighted by Crippen LogP contribution is 2.30. The van der Waals surface area contributed by atoms with Gasteiger partial charge in [0.05, 0.1) is 6.04 Å². The Balaban J connectivity index is 1.21. The van der Waals surface area contributed by atoms with E-state index in [1.165, 1.54) is 48.2 Å². The normalized spacial score (nSPS) is 17.8. The first-order chi connectivity index (χ1) is 17.6. The van der Waals surface area contributed by atoms with Crippen LogP contribution < -0.4 is 14.8 Å². The lowest BCUT2D eigenvalue weighted by molar-refractivity contribution is -0.119. The Morgan fingerprint density at radius 3 is 2.53 bits per heavy atom. The number of hydrogen-bond acceptors (Lipinski definition) is 4. The van der Waals surface area contributed by atoms with E-state index in [1.807, 2.05) is 6.07 Å². The van der Waals surface area contributed by atoms with Crippen LogP contribution in [0.5, 0.6) is 11.5 Å². The topological polar surface area (TPSA) is 50.8 Å². The summed E-state index contributed by atoms with van der Waals surface area (Å²) in [5.74, 6) is 1.93. The summed E-state index contributed by atoms with van der Waals surface area (Å²) in [5, 5.41) is 2.96. The molecule has 5 heteroatoms. The standard InChI is InChI=1S/C31H36N2O3/c1-23-20-26(10-14-30(23)36-22-27-11-15-31(34)32-27)29-7-3-2-6-25(29)21-24-8-12-28(13-9-24)35-19-18-33-16-4-5-17-33/h2-3,6-10,12-14,20,27H,4-5,11,15-19,21-22H2,1H3,(H,32,34). The van der Waals surface area contributed by atoms with Crippen molar-refractivity contribution < 1.29 is 14.3 Å². The van der Waals surface area contributed by atoms with Crippen LogP contribution in [0.2, 0.25) is 0 Å². The van der Waals surface area contributed by atoms with Gasteiger partial charge in [0.1, 0.15) is 24.7 Å². The van der Waals surface area contributed by atoms with Crippen molar-refractivity contribution in [3.8, 4) is 22.6 Å². The Kier molecular flexibility index (Phi) is 7.87. The van der Waals surface area contributed by atoms with Gasteiger partial charge >= 0.3 is 0 Å². The maximum absolute atomic E-state index is 11.4. The van der Waals surface area contributed by atoms with Crippen LogP contribution in [0.15, 0.2) is 66.7 Å². The first kappa shape index (κ1) is 24.4. The molecule has 1 unspecified atom stereocenters. The first-order valence-electron chi connectivity index (χ1n) is 13.2. The molecule has 2 aliphatic rings. The molecule has 1 N–H and O–H groups in total. The third-order valence-electron chi connectivity index (χ3n) is 7.22. The summed E-state index contributed by atoms with van der Waals surface area (Å²) >= 11 is 0. The minimum Gasteiger partial charge on any atom is -0.492 e. The molecule has 0 spiro atoms. The summed E-state index contributed by atoms with van der Waals surface area (Å²) in [6.45, 7) is 6.76. The molecule has 0 bridgehead atoms. The Bertz CT molecular complexity index is 1170. The molecule has 2 fully saturated rings. The van der Waals surface area contributed by atoms with Crippen LogP contribution in [0.25, 0.3) is 11.1 Å². The first-order valence-corrected chi connectivity index (χ1v) is 13.2. The minimum absolute atomic E-state index is 0.110. The molecule has 3 aromatic carbocycles. The maximum atomic E-state index is 11.4. The lowest BCUT2D eigenvalue weighted by Crippen LogP contribution is -2.30. The number of amides is 1. The third kappa shape index (κ3) is 6.27. The summed E-state index contributed by atoms with van der Waals surface area (Å²) in [6.07, 6.45) is 4.93. The van der Waals surface area contributed by atoms with Crippen molar-refractivity contribution in [2.75, 3.05) is 32.8 Å². The molecule has 2 saturated heterocycles. The highest BCUT2D eigenvalue weighted by molar-refractivity contribution is 5.78. The van der Waals surface area contributed by atoms with Crippen LogP contribution in [-0.4, -0.2) is 49.7 Å². The summed E-state index contributed by atoms with van der Waals surface area (Å²) in [6, 6.07) is 23.6. The van der Waals surface area contributed by atoms with Gasteiger partial charge in [-0.15, -0.1) is 0 Å². The van der Waals surface area contributed by atoms with Crippen LogP contribution in [0.3, 0.4) is 0 Å². The molecule has 5 rings (SSSR count). The van der Waals surface area contributed by atoms with Gasteiger partial charge < -0.3 is 14.8 Å². The predicted molar refractivity (Wildman–Crippen MR) is 144 cm³/mol. The Hall–Kier alpha value is -3.31. The molecule has 1 amide bonds. The van der Waals surface area contributed by atoms with Gasteiger partial charge in [0, 0.05) is 13.0 Å². The fourth-order valence-electron chi connectivity index (χ4n) is 5.15. The number of likely N-dealkylation sites (tertiary alicyclic amines) is 1. The van der Waals surface area contributed by atoms with Gasteiger partial charge in [0.25, 0.3) is 0 Å². The van der Waals surface area contributed by atoms with Crippen LogP contribution in [0.1, 0.15) is 42.4 Å². The van der Waals surface area contributed by atoms with E-state index in [4.69, 9.17) is 9.47 Å². The van der Waals surface area contributed by atoms with Gasteiger partial charge in [0.15, 0.2) is 0 Å². The molecule has 2 aliphatic heterocycles. The number of nitrogens with zero attached hydrogens (tertiary/aromatic N) is 1. The number of nitrogens with one attached hydrogen (secondary N) is 1. The second-order valence-electron chi connectivity index (χ2n) is 9.97. The van der Waals surface area contributed by atoms with Crippen LogP contribution in [0.4, 0.5) is 0 Å². The molecule has 0 saturated carbocycles. The fourth-order valence-corrected chi connectivity index (χ4v) is 5.15. The second kappa shape index (κ2) is 11.6. The molecule has 0 aliphatic carbocycles. The maximum Gasteiger partial charge on any atom is 0.220 e. The molecule has 0 aromatic heterocycles. The van der Waals surface area contributed by atoms with Gasteiger partial charge in [-0.05, 0) is 97.8 Å². The number of hydrogen-bond donors (Lipinski definition) is 1. The van der Waals surface area contributed by atoms with E-state index in [0.717, 1.165) is 43.1 Å². The van der Waals surface area contributed by atoms with Crippen molar-refractivity contribution in [2.45, 2.75) is 45.1 Å². The van der Waals surface area contributed by atoms with Crippen molar-refractivity contribution in [2.24, 2.45) is 0 Å². The summed E-state index contributed by atoms with van der Waals surface area (Å²) in [7, 11) is 0. The van der Waals surface area contributed by atoms with Crippen molar-refractivity contribution in [3.63, 3.8) is 0 Å². The quantitative estimate of drug-likeness (QED) is 0.420. The molecular formula is C31H36N2O3. The zero-order chi connectivity index (χ0) is 24.7. The molecule has 188 valence electrons. The van der Waals surface area contributed by atoms with Gasteiger partial charge in [-0.25, -0.2) is 0 Å². The van der Waals surface area contributed by atoms with E-state index in [1.54, 1.807) is 0 Å². The summed E-state index contributed by atoms with van der Waals surface area (Å²) in [5.41, 5.74) is 6.08. The summed E-state index contributed by atoms with van der Waals surface area (Å²) in [4.78, 5) is 13.9. The largest absolute Gasteiger partial charge is 0.492 e. The van der Waals surface area contributed by atoms with Gasteiger partial charge in [-0.1, -0.05) is 42.5 Å². The van der Waals surface area contributed by atoms with Gasteiger partial charge in [-0.2, -0.15) is 0 Å². The Labute approximate surface area is 214 Å². The smallest absolute Gasteiger partial charge is 0.220 e. The lowest BCUT2D eigenvalue weighted by atomic mass is 9.94. The molecule has 0 radical (unpaired) electrons. The molecule has 3 aromatic rings. The molecule has 2 heterocycles. The zero-order valence-corrected chi connectivity index (χ0v) is 21.2. The highest BCUT2D eigenvalue weighted by Gasteiger charge is 2.21. The van der Waals surface area contributed by atoms with Crippen LogP contribution in [0, 0.1) is 6.92 Å². The van der Waals surface area contributed by atoms with Crippen molar-refractivity contribution in [3.05, 3.63) is 83.4 Å². The van der Waals surface area contributed by atoms with Crippen LogP contribution >= 0.6 is 0 Å². The number of benzene rings is 3. The SMILES string of the molecule is Cc1cc(-c2ccccc2Cc2ccc(OCCN3CCCC3)cc2)ccc1OCC1CCC(=O)N1. The Morgan fingerprint density at radius 1 is 0.972 bits per heavy atom. The zero-order valence-electron chi connectivity index (χ0n) is 21.2. The minimum atomic E-state index is 0.110. The number of carbonyl (C=O) groups is 1. The van der Waals surface area contributed by atoms with E-state index in [2.05, 4.69) is 77.8 Å². The van der Waals surface area contributed by atoms with Crippen molar-refractivity contribution in [1.29, 1.82) is 0 Å². The molecule has 5 nitrogen and oxygen atoms in total. The monoisotopic (exact) mass is 484 g/mol. The average Bonchev–Trinajstić information content (AvgIpc) is 3.56. The second-order valence-corrected chi connectivity index (χ2v) is 9.97. The third-order valence-corrected chi connectivity index (χ3v) is 7.22. The van der Waals surface area contributed by atoms with Crippen LogP contribution in [-0.2, 0) is 11.2 Å². The van der Waals surface area contributed by atoms with Crippen molar-refractivity contribution in [1.82, 2.24) is 10.2 Å². The number of ether oxygens (including phenoxy) is 2. The number of rotatable bonds is 10. The number of aryl methyl sites for hydroxylation is 1. The summed E-state index contributed by atoms with van der Waals surface area (Å²) < 4.78 is 12.0. The van der Waals surface area contributed by atoms with E-state index >= 15 is 0 Å². The van der Waals surface area contributed by atoms with Crippen molar-refractivity contribution >= 4 is 5.91 Å². The predicted octanol–water partition coefficient (Wildman–Crippen LogP) is 5.38. The number of carbonyl (C=O) groups excluding carboxylic acids is 1.